The topological polar surface area (TPSA) is 78.9 Å². The summed E-state index contributed by atoms with van der Waals surface area (Å²) in [7, 11) is 1.62. The highest BCUT2D eigenvalue weighted by Crippen LogP contribution is 2.48. The molecule has 0 spiro atoms. The van der Waals surface area contributed by atoms with Gasteiger partial charge in [0.25, 0.3) is 0 Å². The van der Waals surface area contributed by atoms with Gasteiger partial charge in [0.1, 0.15) is 11.5 Å². The van der Waals surface area contributed by atoms with Crippen LogP contribution >= 0.6 is 0 Å². The molecule has 148 valence electrons. The van der Waals surface area contributed by atoms with E-state index in [1.54, 1.807) is 13.2 Å². The molecule has 0 radical (unpaired) electrons. The van der Waals surface area contributed by atoms with Crippen molar-refractivity contribution in [3.05, 3.63) is 35.4 Å². The fourth-order valence-electron chi connectivity index (χ4n) is 3.89. The first-order valence-electron chi connectivity index (χ1n) is 9.16. The summed E-state index contributed by atoms with van der Waals surface area (Å²) in [6.45, 7) is 3.00. The molecule has 1 N–H and O–H groups in total. The molecule has 2 aromatic rings. The standard InChI is InChI=1S/C20H21NO7/c1-23-15-9-19-17(26-11-28-19)7-13(15)20(21-2-4-24-5-3-21)12-6-16-18(8-14(12)22)27-10-25-16/h6-9,20,22H,2-5,10-11H2,1H3/t20-/m0/s1. The van der Waals surface area contributed by atoms with Crippen LogP contribution in [0.4, 0.5) is 0 Å². The van der Waals surface area contributed by atoms with Crippen LogP contribution in [0.3, 0.4) is 0 Å². The summed E-state index contributed by atoms with van der Waals surface area (Å²) in [5, 5.41) is 10.8. The van der Waals surface area contributed by atoms with Gasteiger partial charge in [0.2, 0.25) is 13.6 Å². The number of hydrogen-bond acceptors (Lipinski definition) is 8. The van der Waals surface area contributed by atoms with Crippen molar-refractivity contribution in [3.63, 3.8) is 0 Å². The quantitative estimate of drug-likeness (QED) is 0.856. The van der Waals surface area contributed by atoms with Crippen molar-refractivity contribution in [2.75, 3.05) is 47.0 Å². The summed E-state index contributed by atoms with van der Waals surface area (Å²) in [6, 6.07) is 6.91. The van der Waals surface area contributed by atoms with Crippen molar-refractivity contribution in [1.29, 1.82) is 0 Å². The maximum atomic E-state index is 10.8. The van der Waals surface area contributed by atoms with Gasteiger partial charge in [-0.15, -0.1) is 0 Å². The molecule has 0 aromatic heterocycles. The van der Waals surface area contributed by atoms with E-state index in [-0.39, 0.29) is 25.4 Å². The summed E-state index contributed by atoms with van der Waals surface area (Å²) in [4.78, 5) is 2.25. The van der Waals surface area contributed by atoms with Crippen LogP contribution in [0.1, 0.15) is 17.2 Å². The summed E-state index contributed by atoms with van der Waals surface area (Å²) >= 11 is 0. The van der Waals surface area contributed by atoms with E-state index in [1.165, 1.54) is 0 Å². The predicted molar refractivity (Wildman–Crippen MR) is 97.6 cm³/mol. The van der Waals surface area contributed by atoms with E-state index in [2.05, 4.69) is 4.90 Å². The Morgan fingerprint density at radius 2 is 1.43 bits per heavy atom. The molecule has 28 heavy (non-hydrogen) atoms. The second-order valence-corrected chi connectivity index (χ2v) is 6.76. The van der Waals surface area contributed by atoms with E-state index in [0.717, 1.165) is 18.7 Å². The monoisotopic (exact) mass is 387 g/mol. The van der Waals surface area contributed by atoms with Gasteiger partial charge in [-0.05, 0) is 12.1 Å². The fraction of sp³-hybridized carbons (Fsp3) is 0.400. The second kappa shape index (κ2) is 6.96. The van der Waals surface area contributed by atoms with Crippen molar-refractivity contribution in [3.8, 4) is 34.5 Å². The first-order valence-corrected chi connectivity index (χ1v) is 9.16. The van der Waals surface area contributed by atoms with E-state index in [9.17, 15) is 5.11 Å². The van der Waals surface area contributed by atoms with Crippen LogP contribution in [0.15, 0.2) is 24.3 Å². The Bertz CT molecular complexity index is 895. The van der Waals surface area contributed by atoms with E-state index in [1.807, 2.05) is 18.2 Å². The molecule has 5 rings (SSSR count). The fourth-order valence-corrected chi connectivity index (χ4v) is 3.89. The Kier molecular flexibility index (Phi) is 4.29. The SMILES string of the molecule is COc1cc2c(cc1[C@H](c1cc3c(cc1O)OCO3)N1CCOCC1)OCO2. The molecule has 8 heteroatoms. The molecule has 0 unspecified atom stereocenters. The van der Waals surface area contributed by atoms with Gasteiger partial charge in [-0.1, -0.05) is 0 Å². The number of morpholine rings is 1. The van der Waals surface area contributed by atoms with Gasteiger partial charge in [-0.2, -0.15) is 0 Å². The molecule has 1 atom stereocenters. The molecular weight excluding hydrogens is 366 g/mol. The number of hydrogen-bond donors (Lipinski definition) is 1. The van der Waals surface area contributed by atoms with E-state index >= 15 is 0 Å². The number of rotatable bonds is 4. The van der Waals surface area contributed by atoms with Crippen LogP contribution in [0.25, 0.3) is 0 Å². The van der Waals surface area contributed by atoms with Crippen molar-refractivity contribution >= 4 is 0 Å². The molecule has 3 aliphatic rings. The third kappa shape index (κ3) is 2.85. The van der Waals surface area contributed by atoms with Crippen LogP contribution in [-0.4, -0.2) is 57.0 Å². The lowest BCUT2D eigenvalue weighted by atomic mass is 9.94. The first-order chi connectivity index (χ1) is 13.7. The third-order valence-electron chi connectivity index (χ3n) is 5.25. The minimum Gasteiger partial charge on any atom is -0.507 e. The van der Waals surface area contributed by atoms with Crippen molar-refractivity contribution in [2.45, 2.75) is 6.04 Å². The number of ether oxygens (including phenoxy) is 6. The van der Waals surface area contributed by atoms with Gasteiger partial charge in [0, 0.05) is 36.3 Å². The molecule has 0 saturated carbocycles. The summed E-state index contributed by atoms with van der Waals surface area (Å²) in [5.74, 6) is 3.27. The minimum atomic E-state index is -0.275. The highest BCUT2D eigenvalue weighted by Gasteiger charge is 2.33. The average Bonchev–Trinajstić information content (AvgIpc) is 3.37. The van der Waals surface area contributed by atoms with Gasteiger partial charge < -0.3 is 33.5 Å². The first kappa shape index (κ1) is 17.3. The molecule has 1 saturated heterocycles. The van der Waals surface area contributed by atoms with Crippen LogP contribution < -0.4 is 23.7 Å². The lowest BCUT2D eigenvalue weighted by Crippen LogP contribution is -2.39. The number of methoxy groups -OCH3 is 1. The van der Waals surface area contributed by atoms with Gasteiger partial charge in [-0.25, -0.2) is 0 Å². The van der Waals surface area contributed by atoms with Gasteiger partial charge in [0.15, 0.2) is 23.0 Å². The summed E-state index contributed by atoms with van der Waals surface area (Å²) in [6.07, 6.45) is 0. The second-order valence-electron chi connectivity index (χ2n) is 6.76. The molecule has 0 bridgehead atoms. The summed E-state index contributed by atoms with van der Waals surface area (Å²) in [5.41, 5.74) is 1.59. The van der Waals surface area contributed by atoms with Crippen molar-refractivity contribution < 1.29 is 33.5 Å². The third-order valence-corrected chi connectivity index (χ3v) is 5.25. The number of phenols is 1. The van der Waals surface area contributed by atoms with E-state index in [0.29, 0.717) is 47.5 Å². The molecule has 3 aliphatic heterocycles. The average molecular weight is 387 g/mol. The highest BCUT2D eigenvalue weighted by molar-refractivity contribution is 5.58. The number of benzene rings is 2. The maximum Gasteiger partial charge on any atom is 0.231 e. The zero-order chi connectivity index (χ0) is 19.1. The molecular formula is C20H21NO7. The van der Waals surface area contributed by atoms with Crippen LogP contribution in [-0.2, 0) is 4.74 Å². The Morgan fingerprint density at radius 1 is 0.857 bits per heavy atom. The molecule has 2 aromatic carbocycles. The largest absolute Gasteiger partial charge is 0.507 e. The van der Waals surface area contributed by atoms with Crippen molar-refractivity contribution in [2.24, 2.45) is 0 Å². The van der Waals surface area contributed by atoms with Crippen LogP contribution in [0.2, 0.25) is 0 Å². The van der Waals surface area contributed by atoms with Crippen LogP contribution in [0, 0.1) is 0 Å². The Hall–Kier alpha value is -2.84. The molecule has 1 fully saturated rings. The molecule has 0 amide bonds. The lowest BCUT2D eigenvalue weighted by Gasteiger charge is -2.36. The van der Waals surface area contributed by atoms with Crippen LogP contribution in [0.5, 0.6) is 34.5 Å². The number of fused-ring (bicyclic) bond motifs is 2. The van der Waals surface area contributed by atoms with E-state index in [4.69, 9.17) is 28.4 Å². The van der Waals surface area contributed by atoms with Gasteiger partial charge >= 0.3 is 0 Å². The lowest BCUT2D eigenvalue weighted by molar-refractivity contribution is 0.0231. The highest BCUT2D eigenvalue weighted by atomic mass is 16.7. The number of aromatic hydroxyl groups is 1. The predicted octanol–water partition coefficient (Wildman–Crippen LogP) is 2.28. The summed E-state index contributed by atoms with van der Waals surface area (Å²) < 4.78 is 33.2. The molecule has 8 nitrogen and oxygen atoms in total. The number of phenolic OH excluding ortho intramolecular Hbond substituents is 1. The normalized spacial score (nSPS) is 18.9. The smallest absolute Gasteiger partial charge is 0.231 e. The molecule has 3 heterocycles. The van der Waals surface area contributed by atoms with Gasteiger partial charge in [0.05, 0.1) is 26.4 Å². The van der Waals surface area contributed by atoms with Crippen molar-refractivity contribution in [1.82, 2.24) is 4.90 Å². The zero-order valence-electron chi connectivity index (χ0n) is 15.5. The zero-order valence-corrected chi connectivity index (χ0v) is 15.5. The number of nitrogens with zero attached hydrogens (tertiary/aromatic N) is 1. The maximum absolute atomic E-state index is 10.8. The Morgan fingerprint density at radius 3 is 2.07 bits per heavy atom. The van der Waals surface area contributed by atoms with E-state index < -0.39 is 0 Å². The van der Waals surface area contributed by atoms with Gasteiger partial charge in [-0.3, -0.25) is 4.90 Å². The Balaban J connectivity index is 1.66. The Labute approximate surface area is 162 Å². The minimum absolute atomic E-state index is 0.139. The molecule has 0 aliphatic carbocycles.